The van der Waals surface area contributed by atoms with Crippen molar-refractivity contribution in [3.63, 3.8) is 0 Å². The van der Waals surface area contributed by atoms with Crippen molar-refractivity contribution in [3.05, 3.63) is 29.3 Å². The number of hydrogen-bond acceptors (Lipinski definition) is 4. The second kappa shape index (κ2) is 4.09. The van der Waals surface area contributed by atoms with E-state index in [1.807, 2.05) is 6.07 Å². The third-order valence-electron chi connectivity index (χ3n) is 6.54. The van der Waals surface area contributed by atoms with Crippen LogP contribution in [0.2, 0.25) is 0 Å². The minimum Gasteiger partial charge on any atom is -0.478 e. The Morgan fingerprint density at radius 1 is 1.17 bits per heavy atom. The number of carboxylic acid groups (broad SMARTS) is 1. The van der Waals surface area contributed by atoms with Crippen LogP contribution >= 0.6 is 0 Å². The summed E-state index contributed by atoms with van der Waals surface area (Å²) < 4.78 is 31.2. The molecule has 1 spiro atoms. The van der Waals surface area contributed by atoms with E-state index in [2.05, 4.69) is 0 Å². The topological polar surface area (TPSA) is 80.7 Å². The second-order valence-electron chi connectivity index (χ2n) is 7.78. The summed E-state index contributed by atoms with van der Waals surface area (Å²) in [5.41, 5.74) is 0.673. The SMILES string of the molecule is O=C(O)c1cccc2c1OS(=O)(=O)C1C3CC4CC1CC2(C4)C3. The molecule has 0 saturated heterocycles. The summed E-state index contributed by atoms with van der Waals surface area (Å²) in [6, 6.07) is 5.03. The average Bonchev–Trinajstić information content (AvgIpc) is 2.44. The summed E-state index contributed by atoms with van der Waals surface area (Å²) in [5.74, 6) is -0.175. The predicted octanol–water partition coefficient (Wildman–Crippen LogP) is 2.55. The highest BCUT2D eigenvalue weighted by Gasteiger charge is 2.62. The minimum absolute atomic E-state index is 0.0382. The minimum atomic E-state index is -3.79. The largest absolute Gasteiger partial charge is 0.478 e. The number of aromatic carboxylic acids is 1. The summed E-state index contributed by atoms with van der Waals surface area (Å²) in [6.07, 6.45) is 4.68. The molecule has 1 aromatic rings. The second-order valence-corrected chi connectivity index (χ2v) is 9.48. The number of hydrogen-bond donors (Lipinski definition) is 1. The number of rotatable bonds is 1. The van der Waals surface area contributed by atoms with E-state index in [0.29, 0.717) is 5.92 Å². The number of carbonyl (C=O) groups is 1. The lowest BCUT2D eigenvalue weighted by Crippen LogP contribution is -2.59. The van der Waals surface area contributed by atoms with Crippen molar-refractivity contribution in [3.8, 4) is 5.75 Å². The molecule has 1 N–H and O–H groups in total. The van der Waals surface area contributed by atoms with Crippen LogP contribution in [-0.4, -0.2) is 24.7 Å². The average molecular weight is 334 g/mol. The van der Waals surface area contributed by atoms with Crippen molar-refractivity contribution in [1.29, 1.82) is 0 Å². The van der Waals surface area contributed by atoms with Crippen molar-refractivity contribution in [2.24, 2.45) is 17.8 Å². The van der Waals surface area contributed by atoms with Crippen LogP contribution in [0.4, 0.5) is 0 Å². The van der Waals surface area contributed by atoms with Gasteiger partial charge >= 0.3 is 16.1 Å². The van der Waals surface area contributed by atoms with Crippen LogP contribution in [-0.2, 0) is 15.5 Å². The first-order valence-corrected chi connectivity index (χ1v) is 9.67. The van der Waals surface area contributed by atoms with Gasteiger partial charge in [0.25, 0.3) is 0 Å². The molecular formula is C17H18O5S. The fourth-order valence-corrected chi connectivity index (χ4v) is 8.04. The Balaban J connectivity index is 1.82. The van der Waals surface area contributed by atoms with Crippen molar-refractivity contribution < 1.29 is 22.5 Å². The molecule has 0 radical (unpaired) electrons. The summed E-state index contributed by atoms with van der Waals surface area (Å²) in [5, 5.41) is 9.00. The molecule has 7 rings (SSSR count). The highest BCUT2D eigenvalue weighted by molar-refractivity contribution is 7.87. The van der Waals surface area contributed by atoms with Gasteiger partial charge < -0.3 is 9.29 Å². The monoisotopic (exact) mass is 334 g/mol. The number of fused-ring (bicyclic) bond motifs is 1. The molecule has 2 atom stereocenters. The Morgan fingerprint density at radius 3 is 2.52 bits per heavy atom. The number of benzene rings is 1. The third kappa shape index (κ3) is 1.67. The first kappa shape index (κ1) is 13.8. The highest BCUT2D eigenvalue weighted by Crippen LogP contribution is 2.64. The van der Waals surface area contributed by atoms with Crippen molar-refractivity contribution >= 4 is 16.1 Å². The van der Waals surface area contributed by atoms with Crippen LogP contribution in [0.3, 0.4) is 0 Å². The fourth-order valence-electron chi connectivity index (χ4n) is 6.16. The lowest BCUT2D eigenvalue weighted by atomic mass is 9.47. The van der Waals surface area contributed by atoms with E-state index in [0.717, 1.165) is 37.7 Å². The van der Waals surface area contributed by atoms with Crippen LogP contribution < -0.4 is 4.18 Å². The Bertz CT molecular complexity index is 811. The first-order valence-electron chi connectivity index (χ1n) is 8.20. The Morgan fingerprint density at radius 2 is 1.87 bits per heavy atom. The van der Waals surface area contributed by atoms with Gasteiger partial charge in [-0.2, -0.15) is 8.42 Å². The number of para-hydroxylation sites is 1. The van der Waals surface area contributed by atoms with Crippen molar-refractivity contribution in [1.82, 2.24) is 0 Å². The third-order valence-corrected chi connectivity index (χ3v) is 8.37. The lowest BCUT2D eigenvalue weighted by molar-refractivity contribution is -0.00707. The Labute approximate surface area is 134 Å². The lowest BCUT2D eigenvalue weighted by Gasteiger charge is -2.60. The van der Waals surface area contributed by atoms with Crippen LogP contribution in [0, 0.1) is 17.8 Å². The molecule has 23 heavy (non-hydrogen) atoms. The molecule has 2 aliphatic heterocycles. The number of carboxylic acids is 1. The first-order chi connectivity index (χ1) is 10.9. The molecule has 2 unspecified atom stereocenters. The van der Waals surface area contributed by atoms with E-state index < -0.39 is 21.3 Å². The van der Waals surface area contributed by atoms with Gasteiger partial charge in [-0.05, 0) is 61.3 Å². The van der Waals surface area contributed by atoms with Gasteiger partial charge in [0, 0.05) is 5.56 Å². The zero-order valence-electron chi connectivity index (χ0n) is 12.6. The molecule has 5 nitrogen and oxygen atoms in total. The molecule has 4 saturated carbocycles. The van der Waals surface area contributed by atoms with E-state index >= 15 is 0 Å². The van der Waals surface area contributed by atoms with Gasteiger partial charge in [0.1, 0.15) is 10.8 Å². The molecule has 0 aromatic heterocycles. The zero-order valence-corrected chi connectivity index (χ0v) is 13.4. The summed E-state index contributed by atoms with van der Waals surface area (Å²) >= 11 is 0. The van der Waals surface area contributed by atoms with Gasteiger partial charge in [-0.1, -0.05) is 12.1 Å². The molecule has 6 heteroatoms. The van der Waals surface area contributed by atoms with Gasteiger partial charge in [-0.25, -0.2) is 4.79 Å². The highest BCUT2D eigenvalue weighted by atomic mass is 32.2. The molecular weight excluding hydrogens is 316 g/mol. The van der Waals surface area contributed by atoms with Gasteiger partial charge in [0.15, 0.2) is 5.75 Å². The molecule has 1 aromatic carbocycles. The molecule has 4 aliphatic carbocycles. The van der Waals surface area contributed by atoms with Crippen molar-refractivity contribution in [2.75, 3.05) is 0 Å². The van der Waals surface area contributed by atoms with Crippen LogP contribution in [0.15, 0.2) is 18.2 Å². The van der Waals surface area contributed by atoms with Gasteiger partial charge in [-0.3, -0.25) is 0 Å². The van der Waals surface area contributed by atoms with E-state index in [9.17, 15) is 18.3 Å². The molecule has 2 heterocycles. The summed E-state index contributed by atoms with van der Waals surface area (Å²) in [7, 11) is -3.79. The van der Waals surface area contributed by atoms with Crippen LogP contribution in [0.25, 0.3) is 0 Å². The van der Waals surface area contributed by atoms with Crippen LogP contribution in [0.1, 0.15) is 48.0 Å². The Kier molecular flexibility index (Phi) is 2.46. The Hall–Kier alpha value is -1.56. The molecule has 6 aliphatic rings. The smallest absolute Gasteiger partial charge is 0.339 e. The fraction of sp³-hybridized carbons (Fsp3) is 0.588. The van der Waals surface area contributed by atoms with E-state index in [1.165, 1.54) is 6.07 Å². The van der Waals surface area contributed by atoms with Gasteiger partial charge in [0.2, 0.25) is 0 Å². The van der Waals surface area contributed by atoms with Gasteiger partial charge in [0.05, 0.1) is 0 Å². The van der Waals surface area contributed by atoms with Gasteiger partial charge in [-0.15, -0.1) is 0 Å². The molecule has 122 valence electrons. The maximum Gasteiger partial charge on any atom is 0.339 e. The normalized spacial score (nSPS) is 41.7. The molecule has 5 bridgehead atoms. The zero-order chi connectivity index (χ0) is 16.0. The van der Waals surface area contributed by atoms with Crippen molar-refractivity contribution in [2.45, 2.75) is 42.8 Å². The van der Waals surface area contributed by atoms with Crippen LogP contribution in [0.5, 0.6) is 5.75 Å². The van der Waals surface area contributed by atoms with E-state index in [4.69, 9.17) is 4.18 Å². The quantitative estimate of drug-likeness (QED) is 0.798. The maximum atomic E-state index is 12.9. The summed E-state index contributed by atoms with van der Waals surface area (Å²) in [4.78, 5) is 11.6. The summed E-state index contributed by atoms with van der Waals surface area (Å²) in [6.45, 7) is 0. The van der Waals surface area contributed by atoms with E-state index in [1.54, 1.807) is 6.07 Å². The maximum absolute atomic E-state index is 12.9. The predicted molar refractivity (Wildman–Crippen MR) is 82.0 cm³/mol. The molecule has 0 amide bonds. The molecule has 4 fully saturated rings. The standard InChI is InChI=1S/C17H18O5S/c18-16(19)12-2-1-3-13-14(12)22-23(20,21)15-10-4-9-5-11(15)8-17(13,6-9)7-10/h1-3,9-11,15H,4-8H2,(H,18,19). The van der Waals surface area contributed by atoms with E-state index in [-0.39, 0.29) is 28.6 Å².